The monoisotopic (exact) mass is 359 g/mol. The summed E-state index contributed by atoms with van der Waals surface area (Å²) in [5, 5.41) is 0. The Hall–Kier alpha value is -2.52. The summed E-state index contributed by atoms with van der Waals surface area (Å²) in [6.07, 6.45) is 0. The fourth-order valence-corrected chi connectivity index (χ4v) is 4.65. The van der Waals surface area contributed by atoms with Gasteiger partial charge in [-0.2, -0.15) is 0 Å². The second-order valence-electron chi connectivity index (χ2n) is 6.53. The van der Waals surface area contributed by atoms with Crippen LogP contribution in [-0.2, 0) is 0 Å². The number of hydrogen-bond acceptors (Lipinski definition) is 2. The maximum Gasteiger partial charge on any atom is 0.255 e. The van der Waals surface area contributed by atoms with Crippen molar-refractivity contribution in [3.05, 3.63) is 102 Å². The normalized spacial score (nSPS) is 17.2. The molecule has 130 valence electrons. The van der Waals surface area contributed by atoms with Crippen molar-refractivity contribution in [2.24, 2.45) is 0 Å². The van der Waals surface area contributed by atoms with Crippen LogP contribution in [0.2, 0.25) is 0 Å². The van der Waals surface area contributed by atoms with Gasteiger partial charge in [0.15, 0.2) is 0 Å². The van der Waals surface area contributed by atoms with Crippen molar-refractivity contribution in [3.63, 3.8) is 0 Å². The molecule has 3 aromatic rings. The number of fused-ring (bicyclic) bond motifs is 1. The van der Waals surface area contributed by atoms with Crippen LogP contribution < -0.4 is 0 Å². The van der Waals surface area contributed by atoms with Crippen LogP contribution in [0.4, 0.5) is 0 Å². The molecular formula is C23H21NOS. The van der Waals surface area contributed by atoms with Gasteiger partial charge in [0.25, 0.3) is 5.91 Å². The molecule has 0 fully saturated rings. The first-order chi connectivity index (χ1) is 12.8. The average Bonchev–Trinajstić information content (AvgIpc) is 2.99. The van der Waals surface area contributed by atoms with Crippen LogP contribution in [0.3, 0.4) is 0 Å². The maximum absolute atomic E-state index is 13.1. The first-order valence-corrected chi connectivity index (χ1v) is 9.88. The van der Waals surface area contributed by atoms with Crippen molar-refractivity contribution < 1.29 is 4.79 Å². The van der Waals surface area contributed by atoms with Gasteiger partial charge in [-0.05, 0) is 36.2 Å². The average molecular weight is 359 g/mol. The lowest BCUT2D eigenvalue weighted by Crippen LogP contribution is -2.32. The van der Waals surface area contributed by atoms with Crippen molar-refractivity contribution in [2.75, 3.05) is 5.75 Å². The number of carbonyl (C=O) groups excluding carboxylic acids is 1. The van der Waals surface area contributed by atoms with Gasteiger partial charge in [-0.1, -0.05) is 66.7 Å². The molecule has 4 rings (SSSR count). The number of hydrogen-bond donors (Lipinski definition) is 0. The van der Waals surface area contributed by atoms with Gasteiger partial charge < -0.3 is 4.90 Å². The zero-order valence-electron chi connectivity index (χ0n) is 14.7. The molecule has 0 aliphatic carbocycles. The van der Waals surface area contributed by atoms with E-state index in [1.807, 2.05) is 42.5 Å². The standard InChI is InChI=1S/C23H21NOS/c1-17(18-10-4-2-5-11-18)24-22(16-26-19-12-6-3-7-13-19)20-14-8-9-15-21(20)23(24)25/h2-15,17,22H,16H2,1H3/t17-,22?/m0/s1. The van der Waals surface area contributed by atoms with E-state index in [0.29, 0.717) is 0 Å². The van der Waals surface area contributed by atoms with Gasteiger partial charge in [-0.3, -0.25) is 4.79 Å². The van der Waals surface area contributed by atoms with E-state index in [-0.39, 0.29) is 18.0 Å². The molecule has 0 N–H and O–H groups in total. The third kappa shape index (κ3) is 3.15. The molecule has 1 aliphatic rings. The molecule has 1 aliphatic heterocycles. The molecule has 26 heavy (non-hydrogen) atoms. The van der Waals surface area contributed by atoms with Gasteiger partial charge in [-0.25, -0.2) is 0 Å². The van der Waals surface area contributed by atoms with E-state index in [9.17, 15) is 4.79 Å². The molecule has 0 radical (unpaired) electrons. The molecule has 1 unspecified atom stereocenters. The number of thioether (sulfide) groups is 1. The lowest BCUT2D eigenvalue weighted by Gasteiger charge is -2.31. The lowest BCUT2D eigenvalue weighted by atomic mass is 10.0. The highest BCUT2D eigenvalue weighted by atomic mass is 32.2. The van der Waals surface area contributed by atoms with E-state index in [1.54, 1.807) is 11.8 Å². The topological polar surface area (TPSA) is 20.3 Å². The smallest absolute Gasteiger partial charge is 0.255 e. The predicted octanol–water partition coefficient (Wildman–Crippen LogP) is 5.74. The van der Waals surface area contributed by atoms with Gasteiger partial charge in [-0.15, -0.1) is 11.8 Å². The summed E-state index contributed by atoms with van der Waals surface area (Å²) >= 11 is 1.81. The fraction of sp³-hybridized carbons (Fsp3) is 0.174. The maximum atomic E-state index is 13.1. The second kappa shape index (κ2) is 7.38. The largest absolute Gasteiger partial charge is 0.324 e. The first-order valence-electron chi connectivity index (χ1n) is 8.90. The van der Waals surface area contributed by atoms with Crippen LogP contribution >= 0.6 is 11.8 Å². The molecule has 3 heteroatoms. The van der Waals surface area contributed by atoms with E-state index in [0.717, 1.165) is 16.9 Å². The highest BCUT2D eigenvalue weighted by Gasteiger charge is 2.39. The van der Waals surface area contributed by atoms with Crippen molar-refractivity contribution in [1.29, 1.82) is 0 Å². The third-order valence-corrected chi connectivity index (χ3v) is 6.06. The molecule has 2 nitrogen and oxygen atoms in total. The van der Waals surface area contributed by atoms with Crippen molar-refractivity contribution >= 4 is 17.7 Å². The lowest BCUT2D eigenvalue weighted by molar-refractivity contribution is 0.0663. The van der Waals surface area contributed by atoms with Gasteiger partial charge >= 0.3 is 0 Å². The first kappa shape index (κ1) is 16.9. The minimum absolute atomic E-state index is 0.0393. The van der Waals surface area contributed by atoms with Crippen molar-refractivity contribution in [2.45, 2.75) is 23.9 Å². The van der Waals surface area contributed by atoms with Crippen LogP contribution in [0.25, 0.3) is 0 Å². The van der Waals surface area contributed by atoms with Gasteiger partial charge in [0.05, 0.1) is 12.1 Å². The quantitative estimate of drug-likeness (QED) is 0.542. The zero-order valence-corrected chi connectivity index (χ0v) is 15.5. The molecular weight excluding hydrogens is 338 g/mol. The number of nitrogens with zero attached hydrogens (tertiary/aromatic N) is 1. The number of amides is 1. The predicted molar refractivity (Wildman–Crippen MR) is 107 cm³/mol. The minimum atomic E-state index is 0.0393. The molecule has 1 amide bonds. The number of benzene rings is 3. The van der Waals surface area contributed by atoms with E-state index >= 15 is 0 Å². The summed E-state index contributed by atoms with van der Waals surface area (Å²) in [4.78, 5) is 16.4. The van der Waals surface area contributed by atoms with E-state index < -0.39 is 0 Å². The summed E-state index contributed by atoms with van der Waals surface area (Å²) in [7, 11) is 0. The van der Waals surface area contributed by atoms with Crippen molar-refractivity contribution in [3.8, 4) is 0 Å². The molecule has 2 atom stereocenters. The van der Waals surface area contributed by atoms with Gasteiger partial charge in [0.1, 0.15) is 0 Å². The Morgan fingerprint density at radius 1 is 0.885 bits per heavy atom. The highest BCUT2D eigenvalue weighted by molar-refractivity contribution is 7.99. The minimum Gasteiger partial charge on any atom is -0.324 e. The Balaban J connectivity index is 1.66. The zero-order chi connectivity index (χ0) is 17.9. The summed E-state index contributed by atoms with van der Waals surface area (Å²) in [5.74, 6) is 0.986. The van der Waals surface area contributed by atoms with Crippen LogP contribution in [-0.4, -0.2) is 16.6 Å². The Morgan fingerprint density at radius 3 is 2.23 bits per heavy atom. The van der Waals surface area contributed by atoms with Crippen molar-refractivity contribution in [1.82, 2.24) is 4.90 Å². The summed E-state index contributed by atoms with van der Waals surface area (Å²) in [6, 6.07) is 28.8. The summed E-state index contributed by atoms with van der Waals surface area (Å²) < 4.78 is 0. The van der Waals surface area contributed by atoms with Gasteiger partial charge in [0.2, 0.25) is 0 Å². The second-order valence-corrected chi connectivity index (χ2v) is 7.62. The molecule has 0 bridgehead atoms. The Kier molecular flexibility index (Phi) is 4.81. The Morgan fingerprint density at radius 2 is 1.50 bits per heavy atom. The third-order valence-electron chi connectivity index (χ3n) is 4.97. The molecule has 0 spiro atoms. The van der Waals surface area contributed by atoms with Crippen LogP contribution in [0.1, 0.15) is 40.5 Å². The van der Waals surface area contributed by atoms with Crippen LogP contribution in [0.5, 0.6) is 0 Å². The SMILES string of the molecule is C[C@@H](c1ccccc1)N1C(=O)c2ccccc2C1CSc1ccccc1. The molecule has 3 aromatic carbocycles. The van der Waals surface area contributed by atoms with Gasteiger partial charge in [0, 0.05) is 16.2 Å². The number of rotatable bonds is 5. The molecule has 1 heterocycles. The van der Waals surface area contributed by atoms with Crippen LogP contribution in [0, 0.1) is 0 Å². The summed E-state index contributed by atoms with van der Waals surface area (Å²) in [6.45, 7) is 2.12. The van der Waals surface area contributed by atoms with Crippen LogP contribution in [0.15, 0.2) is 89.8 Å². The summed E-state index contributed by atoms with van der Waals surface area (Å²) in [5.41, 5.74) is 3.15. The Bertz CT molecular complexity index is 894. The fourth-order valence-electron chi connectivity index (χ4n) is 3.61. The molecule has 0 saturated heterocycles. The van der Waals surface area contributed by atoms with E-state index in [2.05, 4.69) is 54.3 Å². The van der Waals surface area contributed by atoms with E-state index in [4.69, 9.17) is 0 Å². The number of carbonyl (C=O) groups is 1. The molecule has 0 saturated carbocycles. The Labute approximate surface area is 158 Å². The molecule has 0 aromatic heterocycles. The van der Waals surface area contributed by atoms with E-state index in [1.165, 1.54) is 10.5 Å². The highest BCUT2D eigenvalue weighted by Crippen LogP contribution is 2.42.